The first-order valence-electron chi connectivity index (χ1n) is 3.34. The summed E-state index contributed by atoms with van der Waals surface area (Å²) in [7, 11) is -3.14. The minimum absolute atomic E-state index is 0.0730. The van der Waals surface area contributed by atoms with Crippen LogP contribution in [0, 0.1) is 0 Å². The van der Waals surface area contributed by atoms with Gasteiger partial charge in [0.1, 0.15) is 0 Å². The molecule has 0 aliphatic rings. The predicted molar refractivity (Wildman–Crippen MR) is 46.6 cm³/mol. The molecule has 0 amide bonds. The highest BCUT2D eigenvalue weighted by Gasteiger charge is 2.04. The van der Waals surface area contributed by atoms with Crippen LogP contribution in [0.25, 0.3) is 0 Å². The molecule has 1 N–H and O–H groups in total. The lowest BCUT2D eigenvalue weighted by atomic mass is 10.4. The third kappa shape index (κ3) is 4.61. The molecule has 64 valence electrons. The zero-order valence-electron chi connectivity index (χ0n) is 6.79. The number of nitrogens with one attached hydrogen (secondary N) is 1. The molecular weight excluding hydrogens is 162 g/mol. The van der Waals surface area contributed by atoms with Crippen molar-refractivity contribution in [3.05, 3.63) is 24.4 Å². The second-order valence-corrected chi connectivity index (χ2v) is 4.04. The van der Waals surface area contributed by atoms with Crippen LogP contribution in [0.2, 0.25) is 0 Å². The van der Waals surface area contributed by atoms with Gasteiger partial charge in [-0.2, -0.15) is 0 Å². The summed E-state index contributed by atoms with van der Waals surface area (Å²) in [5, 5.41) is 0. The molecule has 0 atom stereocenters. The summed E-state index contributed by atoms with van der Waals surface area (Å²) in [6, 6.07) is 0. The van der Waals surface area contributed by atoms with Crippen LogP contribution in [0.5, 0.6) is 0 Å². The molecule has 0 aromatic carbocycles. The van der Waals surface area contributed by atoms with Crippen LogP contribution in [-0.4, -0.2) is 14.2 Å². The zero-order chi connectivity index (χ0) is 8.91. The molecule has 0 unspecified atom stereocenters. The van der Waals surface area contributed by atoms with Crippen molar-refractivity contribution in [1.82, 2.24) is 4.72 Å². The number of hydrogen-bond acceptors (Lipinski definition) is 2. The molecule has 0 aliphatic heterocycles. The van der Waals surface area contributed by atoms with Crippen molar-refractivity contribution >= 4 is 10.0 Å². The van der Waals surface area contributed by atoms with Gasteiger partial charge in [0.2, 0.25) is 10.0 Å². The van der Waals surface area contributed by atoms with E-state index < -0.39 is 10.0 Å². The Kier molecular flexibility index (Phi) is 3.89. The first-order chi connectivity index (χ1) is 5.02. The highest BCUT2D eigenvalue weighted by Crippen LogP contribution is 1.91. The van der Waals surface area contributed by atoms with Gasteiger partial charge < -0.3 is 0 Å². The van der Waals surface area contributed by atoms with E-state index in [2.05, 4.69) is 11.3 Å². The van der Waals surface area contributed by atoms with E-state index in [0.717, 1.165) is 0 Å². The van der Waals surface area contributed by atoms with Crippen LogP contribution >= 0.6 is 0 Å². The van der Waals surface area contributed by atoms with Gasteiger partial charge in [0.25, 0.3) is 0 Å². The molecule has 0 heterocycles. The second-order valence-electron chi connectivity index (χ2n) is 2.03. The van der Waals surface area contributed by atoms with Crippen LogP contribution in [0.3, 0.4) is 0 Å². The van der Waals surface area contributed by atoms with Crippen molar-refractivity contribution in [2.24, 2.45) is 0 Å². The average Bonchev–Trinajstić information content (AvgIpc) is 1.87. The second kappa shape index (κ2) is 4.18. The fraction of sp³-hybridized carbons (Fsp3) is 0.429. The summed E-state index contributed by atoms with van der Waals surface area (Å²) in [4.78, 5) is 0. The van der Waals surface area contributed by atoms with Crippen molar-refractivity contribution in [2.45, 2.75) is 13.8 Å². The maximum atomic E-state index is 10.9. The molecule has 0 saturated carbocycles. The summed E-state index contributed by atoms with van der Waals surface area (Å²) < 4.78 is 24.1. The lowest BCUT2D eigenvalue weighted by Crippen LogP contribution is -2.23. The molecule has 0 radical (unpaired) electrons. The fourth-order valence-electron chi connectivity index (χ4n) is 0.507. The number of hydrogen-bond donors (Lipinski definition) is 1. The molecule has 4 heteroatoms. The van der Waals surface area contributed by atoms with Crippen molar-refractivity contribution in [3.63, 3.8) is 0 Å². The fourth-order valence-corrected chi connectivity index (χ4v) is 1.12. The third-order valence-corrected chi connectivity index (χ3v) is 2.37. The summed E-state index contributed by atoms with van der Waals surface area (Å²) >= 11 is 0. The first kappa shape index (κ1) is 10.2. The Morgan fingerprint density at radius 3 is 2.55 bits per heavy atom. The maximum absolute atomic E-state index is 10.9. The van der Waals surface area contributed by atoms with Gasteiger partial charge >= 0.3 is 0 Å². The monoisotopic (exact) mass is 175 g/mol. The summed E-state index contributed by atoms with van der Waals surface area (Å²) in [6.45, 7) is 6.87. The lowest BCUT2D eigenvalue weighted by molar-refractivity contribution is 0.590. The summed E-state index contributed by atoms with van der Waals surface area (Å²) in [6.07, 6.45) is 3.33. The van der Waals surface area contributed by atoms with E-state index in [1.165, 1.54) is 0 Å². The van der Waals surface area contributed by atoms with E-state index in [1.54, 1.807) is 26.0 Å². The average molecular weight is 175 g/mol. The molecule has 0 spiro atoms. The van der Waals surface area contributed by atoms with Crippen LogP contribution in [-0.2, 0) is 10.0 Å². The molecule has 0 rings (SSSR count). The molecule has 3 nitrogen and oxygen atoms in total. The number of sulfonamides is 1. The molecule has 0 aromatic heterocycles. The summed E-state index contributed by atoms with van der Waals surface area (Å²) in [5.74, 6) is 0.0730. The van der Waals surface area contributed by atoms with Crippen LogP contribution in [0.15, 0.2) is 24.4 Å². The standard InChI is InChI=1S/C7H13NO2S/c1-4-6-7(3)8-11(9,10)5-2/h4,6,8H,3,5H2,1-2H3. The van der Waals surface area contributed by atoms with Gasteiger partial charge in [0.05, 0.1) is 5.75 Å². The Labute approximate surface area is 67.9 Å². The minimum atomic E-state index is -3.14. The number of rotatable bonds is 4. The van der Waals surface area contributed by atoms with Gasteiger partial charge in [0, 0.05) is 5.70 Å². The Balaban J connectivity index is 4.17. The zero-order valence-corrected chi connectivity index (χ0v) is 7.61. The minimum Gasteiger partial charge on any atom is -0.284 e. The van der Waals surface area contributed by atoms with Crippen molar-refractivity contribution in [1.29, 1.82) is 0 Å². The molecular formula is C7H13NO2S. The largest absolute Gasteiger partial charge is 0.284 e. The van der Waals surface area contributed by atoms with E-state index >= 15 is 0 Å². The smallest absolute Gasteiger partial charge is 0.232 e. The predicted octanol–water partition coefficient (Wildman–Crippen LogP) is 1.02. The Morgan fingerprint density at radius 1 is 1.64 bits per heavy atom. The third-order valence-electron chi connectivity index (χ3n) is 1.03. The first-order valence-corrected chi connectivity index (χ1v) is 4.99. The van der Waals surface area contributed by atoms with Gasteiger partial charge in [-0.25, -0.2) is 8.42 Å². The highest BCUT2D eigenvalue weighted by molar-refractivity contribution is 7.89. The van der Waals surface area contributed by atoms with Crippen molar-refractivity contribution < 1.29 is 8.42 Å². The summed E-state index contributed by atoms with van der Waals surface area (Å²) in [5.41, 5.74) is 0.398. The highest BCUT2D eigenvalue weighted by atomic mass is 32.2. The molecule has 0 aromatic rings. The van der Waals surface area contributed by atoms with Crippen LogP contribution < -0.4 is 4.72 Å². The van der Waals surface area contributed by atoms with E-state index in [9.17, 15) is 8.42 Å². The number of allylic oxidation sites excluding steroid dienone is 2. The van der Waals surface area contributed by atoms with Crippen molar-refractivity contribution in [3.8, 4) is 0 Å². The molecule has 0 bridgehead atoms. The van der Waals surface area contributed by atoms with E-state index in [0.29, 0.717) is 5.70 Å². The Bertz CT molecular complexity index is 252. The van der Waals surface area contributed by atoms with E-state index in [-0.39, 0.29) is 5.75 Å². The normalized spacial score (nSPS) is 11.8. The maximum Gasteiger partial charge on any atom is 0.232 e. The van der Waals surface area contributed by atoms with E-state index in [1.807, 2.05) is 0 Å². The molecule has 0 aliphatic carbocycles. The quantitative estimate of drug-likeness (QED) is 0.648. The van der Waals surface area contributed by atoms with Crippen LogP contribution in [0.1, 0.15) is 13.8 Å². The van der Waals surface area contributed by atoms with Crippen molar-refractivity contribution in [2.75, 3.05) is 5.75 Å². The van der Waals surface area contributed by atoms with Gasteiger partial charge in [0.15, 0.2) is 0 Å². The SMILES string of the molecule is C=C(C=CC)NS(=O)(=O)CC. The van der Waals surface area contributed by atoms with E-state index in [4.69, 9.17) is 0 Å². The van der Waals surface area contributed by atoms with Crippen LogP contribution in [0.4, 0.5) is 0 Å². The van der Waals surface area contributed by atoms with Gasteiger partial charge in [-0.1, -0.05) is 12.7 Å². The lowest BCUT2D eigenvalue weighted by Gasteiger charge is -2.03. The van der Waals surface area contributed by atoms with Gasteiger partial charge in [-0.15, -0.1) is 0 Å². The molecule has 0 fully saturated rings. The molecule has 0 saturated heterocycles. The van der Waals surface area contributed by atoms with Gasteiger partial charge in [-0.3, -0.25) is 4.72 Å². The Hall–Kier alpha value is -0.770. The molecule has 11 heavy (non-hydrogen) atoms. The Morgan fingerprint density at radius 2 is 2.18 bits per heavy atom. The van der Waals surface area contributed by atoms with Gasteiger partial charge in [-0.05, 0) is 19.9 Å². The topological polar surface area (TPSA) is 46.2 Å².